The van der Waals surface area contributed by atoms with Gasteiger partial charge in [0.15, 0.2) is 0 Å². The second-order valence-electron chi connectivity index (χ2n) is 9.47. The molecule has 7 nitrogen and oxygen atoms in total. The molecule has 0 aromatic rings. The Hall–Kier alpha value is -1.63. The van der Waals surface area contributed by atoms with Gasteiger partial charge in [0.1, 0.15) is 12.1 Å². The highest BCUT2D eigenvalue weighted by Gasteiger charge is 2.19. The molecule has 4 N–H and O–H groups in total. The van der Waals surface area contributed by atoms with Crippen molar-refractivity contribution in [2.75, 3.05) is 6.54 Å². The first-order valence-corrected chi connectivity index (χ1v) is 13.9. The van der Waals surface area contributed by atoms with E-state index in [1.165, 1.54) is 44.9 Å². The van der Waals surface area contributed by atoms with Crippen molar-refractivity contribution >= 4 is 17.8 Å². The van der Waals surface area contributed by atoms with E-state index >= 15 is 0 Å². The normalized spacial score (nSPS) is 12.8. The molecule has 34 heavy (non-hydrogen) atoms. The van der Waals surface area contributed by atoms with Crippen LogP contribution in [-0.4, -0.2) is 41.6 Å². The molecular formula is C27H52N2O5. The Morgan fingerprint density at radius 2 is 1.32 bits per heavy atom. The second-order valence-corrected chi connectivity index (χ2v) is 9.47. The summed E-state index contributed by atoms with van der Waals surface area (Å²) in [6.07, 6.45) is 17.8. The fourth-order valence-corrected chi connectivity index (χ4v) is 4.09. The van der Waals surface area contributed by atoms with Crippen LogP contribution in [0.3, 0.4) is 0 Å². The zero-order valence-electron chi connectivity index (χ0n) is 22.0. The van der Waals surface area contributed by atoms with Gasteiger partial charge in [-0.3, -0.25) is 9.59 Å². The molecule has 0 spiro atoms. The summed E-state index contributed by atoms with van der Waals surface area (Å²) in [5.41, 5.74) is 5.42. The first-order chi connectivity index (χ1) is 16.4. The number of nitrogens with two attached hydrogens (primary N) is 1. The quantitative estimate of drug-likeness (QED) is 0.116. The summed E-state index contributed by atoms with van der Waals surface area (Å²) >= 11 is 0. The van der Waals surface area contributed by atoms with Crippen molar-refractivity contribution in [3.63, 3.8) is 0 Å². The average molecular weight is 485 g/mol. The number of hydrogen-bond acceptors (Lipinski definition) is 5. The van der Waals surface area contributed by atoms with Crippen LogP contribution in [0.1, 0.15) is 136 Å². The summed E-state index contributed by atoms with van der Waals surface area (Å²) in [6.45, 7) is 4.73. The maximum Gasteiger partial charge on any atom is 0.326 e. The van der Waals surface area contributed by atoms with E-state index in [9.17, 15) is 19.5 Å². The monoisotopic (exact) mass is 484 g/mol. The molecule has 0 radical (unpaired) electrons. The molecule has 2 unspecified atom stereocenters. The lowest BCUT2D eigenvalue weighted by Crippen LogP contribution is -2.40. The Morgan fingerprint density at radius 1 is 0.735 bits per heavy atom. The molecule has 0 saturated heterocycles. The molecule has 0 heterocycles. The zero-order valence-corrected chi connectivity index (χ0v) is 22.0. The Labute approximate surface area is 208 Å². The minimum atomic E-state index is -1.02. The lowest BCUT2D eigenvalue weighted by molar-refractivity contribution is -0.150. The average Bonchev–Trinajstić information content (AvgIpc) is 2.80. The van der Waals surface area contributed by atoms with E-state index in [1.807, 2.05) is 0 Å². The summed E-state index contributed by atoms with van der Waals surface area (Å²) in [5, 5.41) is 11.8. The van der Waals surface area contributed by atoms with Gasteiger partial charge in [0.25, 0.3) is 0 Å². The number of amides is 1. The Morgan fingerprint density at radius 3 is 1.91 bits per heavy atom. The van der Waals surface area contributed by atoms with E-state index in [-0.39, 0.29) is 18.0 Å². The topological polar surface area (TPSA) is 119 Å². The van der Waals surface area contributed by atoms with Gasteiger partial charge in [0, 0.05) is 12.8 Å². The fourth-order valence-electron chi connectivity index (χ4n) is 4.09. The zero-order chi connectivity index (χ0) is 25.4. The lowest BCUT2D eigenvalue weighted by Gasteiger charge is -2.17. The van der Waals surface area contributed by atoms with Crippen LogP contribution < -0.4 is 11.1 Å². The van der Waals surface area contributed by atoms with Crippen molar-refractivity contribution in [1.82, 2.24) is 5.32 Å². The van der Waals surface area contributed by atoms with Crippen LogP contribution >= 0.6 is 0 Å². The molecule has 0 aliphatic carbocycles. The molecule has 0 fully saturated rings. The summed E-state index contributed by atoms with van der Waals surface area (Å²) in [7, 11) is 0. The lowest BCUT2D eigenvalue weighted by atomic mass is 10.0. The third kappa shape index (κ3) is 19.8. The molecule has 0 rings (SSSR count). The summed E-state index contributed by atoms with van der Waals surface area (Å²) in [4.78, 5) is 35.4. The van der Waals surface area contributed by atoms with Crippen LogP contribution in [0.2, 0.25) is 0 Å². The number of carboxylic acid groups (broad SMARTS) is 1. The molecular weight excluding hydrogens is 432 g/mol. The molecule has 0 saturated carbocycles. The Kier molecular flexibility index (Phi) is 22.0. The van der Waals surface area contributed by atoms with Crippen LogP contribution in [0.4, 0.5) is 0 Å². The van der Waals surface area contributed by atoms with Crippen molar-refractivity contribution in [2.24, 2.45) is 5.73 Å². The van der Waals surface area contributed by atoms with Gasteiger partial charge in [-0.05, 0) is 51.5 Å². The fraction of sp³-hybridized carbons (Fsp3) is 0.889. The van der Waals surface area contributed by atoms with E-state index in [0.717, 1.165) is 44.9 Å². The smallest absolute Gasteiger partial charge is 0.326 e. The molecule has 7 heteroatoms. The predicted molar refractivity (Wildman–Crippen MR) is 138 cm³/mol. The van der Waals surface area contributed by atoms with E-state index in [0.29, 0.717) is 38.6 Å². The second kappa shape index (κ2) is 23.1. The number of esters is 1. The van der Waals surface area contributed by atoms with Crippen LogP contribution in [0.5, 0.6) is 0 Å². The maximum absolute atomic E-state index is 12.2. The molecule has 2 atom stereocenters. The van der Waals surface area contributed by atoms with E-state index in [4.69, 9.17) is 10.5 Å². The number of ether oxygens (including phenoxy) is 1. The third-order valence-electron chi connectivity index (χ3n) is 6.15. The Bertz CT molecular complexity index is 527. The van der Waals surface area contributed by atoms with E-state index in [2.05, 4.69) is 19.2 Å². The van der Waals surface area contributed by atoms with E-state index in [1.54, 1.807) is 0 Å². The minimum Gasteiger partial charge on any atom is -0.480 e. The highest BCUT2D eigenvalue weighted by atomic mass is 16.5. The number of carbonyl (C=O) groups excluding carboxylic acids is 2. The number of carbonyl (C=O) groups is 3. The minimum absolute atomic E-state index is 0.0439. The third-order valence-corrected chi connectivity index (χ3v) is 6.15. The van der Waals surface area contributed by atoms with Gasteiger partial charge in [-0.1, -0.05) is 78.1 Å². The van der Waals surface area contributed by atoms with Gasteiger partial charge in [-0.25, -0.2) is 4.79 Å². The number of hydrogen-bond donors (Lipinski definition) is 3. The molecule has 0 aromatic heterocycles. The van der Waals surface area contributed by atoms with Crippen LogP contribution in [0, 0.1) is 0 Å². The number of unbranched alkanes of at least 4 members (excludes halogenated alkanes) is 10. The highest BCUT2D eigenvalue weighted by Crippen LogP contribution is 2.16. The highest BCUT2D eigenvalue weighted by molar-refractivity contribution is 5.83. The van der Waals surface area contributed by atoms with Crippen molar-refractivity contribution < 1.29 is 24.2 Å². The van der Waals surface area contributed by atoms with Crippen molar-refractivity contribution in [1.29, 1.82) is 0 Å². The number of nitrogens with one attached hydrogen (secondary N) is 1. The van der Waals surface area contributed by atoms with E-state index < -0.39 is 12.0 Å². The van der Waals surface area contributed by atoms with Gasteiger partial charge in [-0.2, -0.15) is 0 Å². The standard InChI is InChI=1S/C27H52N2O5/c1-3-5-6-7-8-9-10-11-15-21-26(31)34-23(17-4-2)18-13-12-14-20-25(30)29-24(27(32)33)19-16-22-28/h23-24H,3-22,28H2,1-2H3,(H,29,30)(H,32,33). The molecule has 1 amide bonds. The first kappa shape index (κ1) is 32.4. The molecule has 0 aromatic carbocycles. The first-order valence-electron chi connectivity index (χ1n) is 13.9. The van der Waals surface area contributed by atoms with Crippen molar-refractivity contribution in [3.05, 3.63) is 0 Å². The van der Waals surface area contributed by atoms with Gasteiger partial charge in [0.05, 0.1) is 0 Å². The molecule has 0 aliphatic rings. The van der Waals surface area contributed by atoms with Gasteiger partial charge < -0.3 is 20.9 Å². The van der Waals surface area contributed by atoms with Gasteiger partial charge in [-0.15, -0.1) is 0 Å². The largest absolute Gasteiger partial charge is 0.480 e. The Balaban J connectivity index is 3.93. The van der Waals surface area contributed by atoms with Gasteiger partial charge >= 0.3 is 11.9 Å². The predicted octanol–water partition coefficient (Wildman–Crippen LogP) is 5.88. The summed E-state index contributed by atoms with van der Waals surface area (Å²) in [5.74, 6) is -1.34. The molecule has 200 valence electrons. The van der Waals surface area contributed by atoms with Crippen LogP contribution in [0.15, 0.2) is 0 Å². The summed E-state index contributed by atoms with van der Waals surface area (Å²) in [6, 6.07) is -0.866. The van der Waals surface area contributed by atoms with Crippen LogP contribution in [0.25, 0.3) is 0 Å². The van der Waals surface area contributed by atoms with Gasteiger partial charge in [0.2, 0.25) is 5.91 Å². The number of aliphatic carboxylic acids is 1. The maximum atomic E-state index is 12.2. The summed E-state index contributed by atoms with van der Waals surface area (Å²) < 4.78 is 5.71. The SMILES string of the molecule is CCCCCCCCCCCC(=O)OC(CCC)CCCCCC(=O)NC(CCCN)C(=O)O. The molecule has 0 bridgehead atoms. The van der Waals surface area contributed by atoms with Crippen LogP contribution in [-0.2, 0) is 19.1 Å². The van der Waals surface area contributed by atoms with Crippen molar-refractivity contribution in [3.8, 4) is 0 Å². The number of carboxylic acids is 1. The van der Waals surface area contributed by atoms with Crippen molar-refractivity contribution in [2.45, 2.75) is 148 Å². The molecule has 0 aliphatic heterocycles. The number of rotatable bonds is 24.